The second-order valence-corrected chi connectivity index (χ2v) is 8.64. The lowest BCUT2D eigenvalue weighted by Crippen LogP contribution is -2.44. The summed E-state index contributed by atoms with van der Waals surface area (Å²) in [6.45, 7) is 7.74. The lowest BCUT2D eigenvalue weighted by molar-refractivity contribution is -0.133. The SMILES string of the molecule is Cn1cc([C@@H]2[C@@H](CNCc3[nH]nc4ccccc34)CC(=O)N2C(C)(C)C)cn1. The summed E-state index contributed by atoms with van der Waals surface area (Å²) in [5.41, 5.74) is 2.92. The number of rotatable bonds is 5. The topological polar surface area (TPSA) is 78.8 Å². The molecule has 1 aromatic carbocycles. The fourth-order valence-electron chi connectivity index (χ4n) is 4.32. The van der Waals surface area contributed by atoms with E-state index in [2.05, 4.69) is 47.5 Å². The quantitative estimate of drug-likeness (QED) is 0.713. The number of nitrogens with zero attached hydrogens (tertiary/aromatic N) is 4. The van der Waals surface area contributed by atoms with Gasteiger partial charge in [-0.1, -0.05) is 18.2 Å². The highest BCUT2D eigenvalue weighted by atomic mass is 16.2. The summed E-state index contributed by atoms with van der Waals surface area (Å²) in [6.07, 6.45) is 4.46. The Morgan fingerprint density at radius 2 is 2.07 bits per heavy atom. The predicted octanol–water partition coefficient (Wildman–Crippen LogP) is 2.77. The van der Waals surface area contributed by atoms with Crippen molar-refractivity contribution in [2.75, 3.05) is 6.54 Å². The van der Waals surface area contributed by atoms with E-state index < -0.39 is 0 Å². The lowest BCUT2D eigenvalue weighted by atomic mass is 9.93. The summed E-state index contributed by atoms with van der Waals surface area (Å²) in [4.78, 5) is 14.9. The highest BCUT2D eigenvalue weighted by Gasteiger charge is 2.45. The zero-order chi connectivity index (χ0) is 19.9. The van der Waals surface area contributed by atoms with E-state index >= 15 is 0 Å². The number of aryl methyl sites for hydroxylation is 1. The van der Waals surface area contributed by atoms with Gasteiger partial charge in [0.15, 0.2) is 0 Å². The minimum atomic E-state index is -0.230. The summed E-state index contributed by atoms with van der Waals surface area (Å²) in [7, 11) is 1.91. The van der Waals surface area contributed by atoms with E-state index in [1.165, 1.54) is 0 Å². The van der Waals surface area contributed by atoms with Gasteiger partial charge in [-0.2, -0.15) is 10.2 Å². The first-order valence-electron chi connectivity index (χ1n) is 9.78. The molecule has 7 nitrogen and oxygen atoms in total. The van der Waals surface area contributed by atoms with Gasteiger partial charge < -0.3 is 10.2 Å². The number of carbonyl (C=O) groups excluding carboxylic acids is 1. The molecule has 1 fully saturated rings. The molecule has 0 bridgehead atoms. The minimum absolute atomic E-state index is 0.0345. The van der Waals surface area contributed by atoms with E-state index in [1.54, 1.807) is 4.68 Å². The maximum atomic E-state index is 12.8. The van der Waals surface area contributed by atoms with Gasteiger partial charge in [-0.15, -0.1) is 0 Å². The van der Waals surface area contributed by atoms with Crippen LogP contribution in [0.1, 0.15) is 44.5 Å². The van der Waals surface area contributed by atoms with Gasteiger partial charge in [0.1, 0.15) is 0 Å². The largest absolute Gasteiger partial charge is 0.330 e. The second kappa shape index (κ2) is 7.05. The number of carbonyl (C=O) groups is 1. The van der Waals surface area contributed by atoms with Crippen LogP contribution in [0.5, 0.6) is 0 Å². The maximum Gasteiger partial charge on any atom is 0.223 e. The van der Waals surface area contributed by atoms with Crippen LogP contribution in [0.15, 0.2) is 36.7 Å². The fourth-order valence-corrected chi connectivity index (χ4v) is 4.32. The van der Waals surface area contributed by atoms with Crippen molar-refractivity contribution in [3.63, 3.8) is 0 Å². The summed E-state index contributed by atoms with van der Waals surface area (Å²) in [5, 5.41) is 16.5. The molecule has 0 aliphatic carbocycles. The average molecular weight is 380 g/mol. The van der Waals surface area contributed by atoms with Crippen molar-refractivity contribution in [2.24, 2.45) is 13.0 Å². The average Bonchev–Trinajstić information content (AvgIpc) is 3.32. The number of aromatic nitrogens is 4. The molecule has 3 aromatic rings. The highest BCUT2D eigenvalue weighted by molar-refractivity contribution is 5.81. The first kappa shape index (κ1) is 18.7. The van der Waals surface area contributed by atoms with Crippen LogP contribution in [0.2, 0.25) is 0 Å². The summed E-state index contributed by atoms with van der Waals surface area (Å²) < 4.78 is 1.81. The van der Waals surface area contributed by atoms with Crippen molar-refractivity contribution in [1.82, 2.24) is 30.2 Å². The molecule has 1 aliphatic rings. The number of benzene rings is 1. The molecule has 1 amide bonds. The van der Waals surface area contributed by atoms with E-state index in [0.717, 1.165) is 28.7 Å². The molecule has 0 unspecified atom stereocenters. The Balaban J connectivity index is 1.51. The van der Waals surface area contributed by atoms with Crippen molar-refractivity contribution in [3.05, 3.63) is 47.9 Å². The van der Waals surface area contributed by atoms with E-state index in [-0.39, 0.29) is 23.4 Å². The first-order valence-corrected chi connectivity index (χ1v) is 9.78. The Bertz CT molecular complexity index is 982. The second-order valence-electron chi connectivity index (χ2n) is 8.64. The molecule has 2 aromatic heterocycles. The van der Waals surface area contributed by atoms with Gasteiger partial charge in [-0.05, 0) is 26.8 Å². The lowest BCUT2D eigenvalue weighted by Gasteiger charge is -2.38. The molecule has 0 saturated carbocycles. The third-order valence-electron chi connectivity index (χ3n) is 5.47. The Hall–Kier alpha value is -2.67. The van der Waals surface area contributed by atoms with Crippen LogP contribution in [0.25, 0.3) is 10.9 Å². The fraction of sp³-hybridized carbons (Fsp3) is 0.476. The van der Waals surface area contributed by atoms with Gasteiger partial charge in [0.25, 0.3) is 0 Å². The molecule has 0 spiro atoms. The van der Waals surface area contributed by atoms with Crippen LogP contribution in [0.3, 0.4) is 0 Å². The highest BCUT2D eigenvalue weighted by Crippen LogP contribution is 2.42. The van der Waals surface area contributed by atoms with Crippen molar-refractivity contribution in [3.8, 4) is 0 Å². The smallest absolute Gasteiger partial charge is 0.223 e. The van der Waals surface area contributed by atoms with Crippen LogP contribution in [-0.4, -0.2) is 42.9 Å². The molecule has 2 N–H and O–H groups in total. The Morgan fingerprint density at radius 1 is 1.29 bits per heavy atom. The van der Waals surface area contributed by atoms with E-state index in [1.807, 2.05) is 42.5 Å². The number of aromatic amines is 1. The van der Waals surface area contributed by atoms with Gasteiger partial charge in [0.05, 0.1) is 23.4 Å². The molecule has 1 aliphatic heterocycles. The van der Waals surface area contributed by atoms with Crippen molar-refractivity contribution in [1.29, 1.82) is 0 Å². The third kappa shape index (κ3) is 3.42. The van der Waals surface area contributed by atoms with Crippen LogP contribution in [0, 0.1) is 5.92 Å². The molecule has 7 heteroatoms. The van der Waals surface area contributed by atoms with E-state index in [0.29, 0.717) is 13.0 Å². The maximum absolute atomic E-state index is 12.8. The first-order chi connectivity index (χ1) is 13.3. The molecule has 3 heterocycles. The van der Waals surface area contributed by atoms with Crippen molar-refractivity contribution in [2.45, 2.75) is 45.3 Å². The van der Waals surface area contributed by atoms with Gasteiger partial charge in [0, 0.05) is 55.2 Å². The number of hydrogen-bond donors (Lipinski definition) is 2. The number of amides is 1. The Kier molecular flexibility index (Phi) is 4.71. The standard InChI is InChI=1S/C21H28N6O/c1-21(2,3)27-19(28)9-14(20(27)15-11-23-26(4)13-15)10-22-12-18-16-7-5-6-8-17(16)24-25-18/h5-8,11,13-14,20,22H,9-10,12H2,1-4H3,(H,24,25)/t14-,20+/m1/s1. The van der Waals surface area contributed by atoms with Gasteiger partial charge >= 0.3 is 0 Å². The van der Waals surface area contributed by atoms with Gasteiger partial charge in [-0.25, -0.2) is 0 Å². The van der Waals surface area contributed by atoms with Crippen LogP contribution in [0.4, 0.5) is 0 Å². The monoisotopic (exact) mass is 380 g/mol. The number of likely N-dealkylation sites (tertiary alicyclic amines) is 1. The molecule has 28 heavy (non-hydrogen) atoms. The van der Waals surface area contributed by atoms with Gasteiger partial charge in [-0.3, -0.25) is 14.6 Å². The zero-order valence-corrected chi connectivity index (χ0v) is 16.9. The van der Waals surface area contributed by atoms with Gasteiger partial charge in [0.2, 0.25) is 5.91 Å². The Labute approximate surface area is 165 Å². The van der Waals surface area contributed by atoms with Crippen LogP contribution >= 0.6 is 0 Å². The molecule has 1 saturated heterocycles. The summed E-state index contributed by atoms with van der Waals surface area (Å²) in [6, 6.07) is 8.13. The van der Waals surface area contributed by atoms with Crippen molar-refractivity contribution < 1.29 is 4.79 Å². The number of hydrogen-bond acceptors (Lipinski definition) is 4. The summed E-state index contributed by atoms with van der Waals surface area (Å²) >= 11 is 0. The number of H-pyrrole nitrogens is 1. The molecule has 4 rings (SSSR count). The zero-order valence-electron chi connectivity index (χ0n) is 16.9. The minimum Gasteiger partial charge on any atom is -0.330 e. The molecule has 148 valence electrons. The molecular formula is C21H28N6O. The number of fused-ring (bicyclic) bond motifs is 1. The van der Waals surface area contributed by atoms with E-state index in [9.17, 15) is 4.79 Å². The molecule has 2 atom stereocenters. The Morgan fingerprint density at radius 3 is 2.79 bits per heavy atom. The van der Waals surface area contributed by atoms with Crippen LogP contribution in [-0.2, 0) is 18.4 Å². The molecule has 0 radical (unpaired) electrons. The predicted molar refractivity (Wildman–Crippen MR) is 108 cm³/mol. The molecular weight excluding hydrogens is 352 g/mol. The third-order valence-corrected chi connectivity index (χ3v) is 5.47. The summed E-state index contributed by atoms with van der Waals surface area (Å²) in [5.74, 6) is 0.408. The normalized spacial score (nSPS) is 20.4. The van der Waals surface area contributed by atoms with E-state index in [4.69, 9.17) is 0 Å². The number of nitrogens with one attached hydrogen (secondary N) is 2. The van der Waals surface area contributed by atoms with Crippen LogP contribution < -0.4 is 5.32 Å². The number of para-hydroxylation sites is 1. The van der Waals surface area contributed by atoms with Crippen molar-refractivity contribution >= 4 is 16.8 Å².